The summed E-state index contributed by atoms with van der Waals surface area (Å²) in [5, 5.41) is 0.0243. The summed E-state index contributed by atoms with van der Waals surface area (Å²) in [7, 11) is 1.58. The van der Waals surface area contributed by atoms with Gasteiger partial charge in [-0.1, -0.05) is 29.8 Å². The largest absolute Gasteiger partial charge is 0.496 e. The van der Waals surface area contributed by atoms with Gasteiger partial charge in [0.15, 0.2) is 5.15 Å². The van der Waals surface area contributed by atoms with Gasteiger partial charge in [-0.15, -0.1) is 0 Å². The summed E-state index contributed by atoms with van der Waals surface area (Å²) >= 11 is 5.67. The van der Waals surface area contributed by atoms with Crippen LogP contribution in [0.2, 0.25) is 5.15 Å². The average Bonchev–Trinajstić information content (AvgIpc) is 2.40. The number of methoxy groups -OCH3 is 1. The lowest BCUT2D eigenvalue weighted by Gasteiger charge is -2.10. The lowest BCUT2D eigenvalue weighted by atomic mass is 10.2. The fourth-order valence-electron chi connectivity index (χ4n) is 1.62. The summed E-state index contributed by atoms with van der Waals surface area (Å²) in [6.45, 7) is 0.331. The van der Waals surface area contributed by atoms with Crippen LogP contribution < -0.4 is 16.0 Å². The van der Waals surface area contributed by atoms with Gasteiger partial charge in [-0.3, -0.25) is 9.36 Å². The zero-order chi connectivity index (χ0) is 13.1. The third-order valence-electron chi connectivity index (χ3n) is 2.56. The molecule has 0 saturated heterocycles. The highest BCUT2D eigenvalue weighted by Gasteiger charge is 2.08. The molecule has 2 aromatic rings. The van der Waals surface area contributed by atoms with E-state index in [-0.39, 0.29) is 16.4 Å². The van der Waals surface area contributed by atoms with E-state index in [0.29, 0.717) is 12.3 Å². The van der Waals surface area contributed by atoms with Crippen LogP contribution in [-0.4, -0.2) is 16.7 Å². The molecule has 18 heavy (non-hydrogen) atoms. The predicted octanol–water partition coefficient (Wildman–Crippen LogP) is 1.54. The molecule has 0 fully saturated rings. The quantitative estimate of drug-likeness (QED) is 0.855. The van der Waals surface area contributed by atoms with Crippen molar-refractivity contribution in [2.75, 3.05) is 12.8 Å². The van der Waals surface area contributed by atoms with E-state index in [1.807, 2.05) is 24.3 Å². The van der Waals surface area contributed by atoms with Crippen molar-refractivity contribution in [3.63, 3.8) is 0 Å². The van der Waals surface area contributed by atoms with Crippen LogP contribution in [0.4, 0.5) is 5.69 Å². The summed E-state index contributed by atoms with van der Waals surface area (Å²) in [4.78, 5) is 15.7. The highest BCUT2D eigenvalue weighted by Crippen LogP contribution is 2.18. The van der Waals surface area contributed by atoms with E-state index in [2.05, 4.69) is 4.98 Å². The molecule has 0 atom stereocenters. The standard InChI is InChI=1S/C12H12ClN3O2/c1-18-9-5-3-2-4-8(9)6-16-7-15-11(13)10(14)12(16)17/h2-5,7H,6,14H2,1H3. The number of rotatable bonds is 3. The maximum absolute atomic E-state index is 11.9. The normalized spacial score (nSPS) is 10.3. The lowest BCUT2D eigenvalue weighted by Crippen LogP contribution is -2.24. The number of para-hydroxylation sites is 1. The molecule has 0 saturated carbocycles. The van der Waals surface area contributed by atoms with E-state index in [1.54, 1.807) is 7.11 Å². The number of benzene rings is 1. The molecule has 0 bridgehead atoms. The van der Waals surface area contributed by atoms with Gasteiger partial charge in [-0.2, -0.15) is 0 Å². The highest BCUT2D eigenvalue weighted by molar-refractivity contribution is 6.31. The summed E-state index contributed by atoms with van der Waals surface area (Å²) in [5.41, 5.74) is 6.01. The summed E-state index contributed by atoms with van der Waals surface area (Å²) in [6, 6.07) is 7.43. The van der Waals surface area contributed by atoms with Crippen molar-refractivity contribution in [1.82, 2.24) is 9.55 Å². The second kappa shape index (κ2) is 5.10. The van der Waals surface area contributed by atoms with Gasteiger partial charge in [0.25, 0.3) is 5.56 Å². The predicted molar refractivity (Wildman–Crippen MR) is 70.0 cm³/mol. The Balaban J connectivity index is 2.41. The molecule has 1 heterocycles. The second-order valence-electron chi connectivity index (χ2n) is 3.69. The van der Waals surface area contributed by atoms with Crippen molar-refractivity contribution in [1.29, 1.82) is 0 Å². The number of hydrogen-bond acceptors (Lipinski definition) is 4. The minimum atomic E-state index is -0.360. The summed E-state index contributed by atoms with van der Waals surface area (Å²) in [6.07, 6.45) is 1.37. The van der Waals surface area contributed by atoms with Crippen LogP contribution in [0.15, 0.2) is 35.4 Å². The molecule has 0 aliphatic heterocycles. The Labute approximate surface area is 109 Å². The molecular formula is C12H12ClN3O2. The van der Waals surface area contributed by atoms with E-state index < -0.39 is 0 Å². The molecule has 0 radical (unpaired) electrons. The van der Waals surface area contributed by atoms with Crippen LogP contribution in [0.25, 0.3) is 0 Å². The molecule has 0 spiro atoms. The van der Waals surface area contributed by atoms with Crippen LogP contribution in [-0.2, 0) is 6.54 Å². The van der Waals surface area contributed by atoms with E-state index >= 15 is 0 Å². The number of nitrogens with zero attached hydrogens (tertiary/aromatic N) is 2. The molecule has 2 rings (SSSR count). The molecule has 0 aliphatic carbocycles. The van der Waals surface area contributed by atoms with Crippen molar-refractivity contribution in [3.8, 4) is 5.75 Å². The monoisotopic (exact) mass is 265 g/mol. The molecule has 5 nitrogen and oxygen atoms in total. The number of ether oxygens (including phenoxy) is 1. The molecule has 1 aromatic heterocycles. The molecule has 0 amide bonds. The number of anilines is 1. The maximum atomic E-state index is 11.9. The zero-order valence-corrected chi connectivity index (χ0v) is 10.5. The Morgan fingerprint density at radius 2 is 2.17 bits per heavy atom. The van der Waals surface area contributed by atoms with Crippen LogP contribution in [0.3, 0.4) is 0 Å². The van der Waals surface area contributed by atoms with Crippen molar-refractivity contribution in [2.45, 2.75) is 6.54 Å². The first-order valence-electron chi connectivity index (χ1n) is 5.25. The highest BCUT2D eigenvalue weighted by atomic mass is 35.5. The number of hydrogen-bond donors (Lipinski definition) is 1. The minimum absolute atomic E-state index is 0.0243. The van der Waals surface area contributed by atoms with Crippen molar-refractivity contribution < 1.29 is 4.74 Å². The molecule has 0 aliphatic rings. The third kappa shape index (κ3) is 2.31. The van der Waals surface area contributed by atoms with Gasteiger partial charge in [-0.05, 0) is 6.07 Å². The van der Waals surface area contributed by atoms with Crippen molar-refractivity contribution in [2.24, 2.45) is 0 Å². The molecule has 2 N–H and O–H groups in total. The Kier molecular flexibility index (Phi) is 3.53. The van der Waals surface area contributed by atoms with Crippen molar-refractivity contribution in [3.05, 3.63) is 51.7 Å². The topological polar surface area (TPSA) is 70.1 Å². The minimum Gasteiger partial charge on any atom is -0.496 e. The summed E-state index contributed by atoms with van der Waals surface area (Å²) < 4.78 is 6.61. The van der Waals surface area contributed by atoms with Gasteiger partial charge >= 0.3 is 0 Å². The number of aromatic nitrogens is 2. The van der Waals surface area contributed by atoms with Gasteiger partial charge < -0.3 is 10.5 Å². The second-order valence-corrected chi connectivity index (χ2v) is 4.05. The van der Waals surface area contributed by atoms with Crippen LogP contribution >= 0.6 is 11.6 Å². The maximum Gasteiger partial charge on any atom is 0.278 e. The molecule has 0 unspecified atom stereocenters. The van der Waals surface area contributed by atoms with E-state index in [4.69, 9.17) is 22.1 Å². The summed E-state index contributed by atoms with van der Waals surface area (Å²) in [5.74, 6) is 0.706. The SMILES string of the molecule is COc1ccccc1Cn1cnc(Cl)c(N)c1=O. The Morgan fingerprint density at radius 3 is 2.89 bits per heavy atom. The lowest BCUT2D eigenvalue weighted by molar-refractivity contribution is 0.408. The number of nitrogen functional groups attached to an aromatic ring is 1. The fourth-order valence-corrected chi connectivity index (χ4v) is 1.74. The van der Waals surface area contributed by atoms with Crippen LogP contribution in [0, 0.1) is 0 Å². The van der Waals surface area contributed by atoms with E-state index in [9.17, 15) is 4.79 Å². The Morgan fingerprint density at radius 1 is 1.44 bits per heavy atom. The molecule has 94 valence electrons. The first kappa shape index (κ1) is 12.4. The fraction of sp³-hybridized carbons (Fsp3) is 0.167. The van der Waals surface area contributed by atoms with Gasteiger partial charge in [0.2, 0.25) is 0 Å². The van der Waals surface area contributed by atoms with Gasteiger partial charge in [0.1, 0.15) is 11.4 Å². The Bertz CT molecular complexity index is 625. The van der Waals surface area contributed by atoms with Crippen LogP contribution in [0.5, 0.6) is 5.75 Å². The third-order valence-corrected chi connectivity index (χ3v) is 2.86. The van der Waals surface area contributed by atoms with Gasteiger partial charge in [0.05, 0.1) is 20.0 Å². The van der Waals surface area contributed by atoms with Crippen LogP contribution in [0.1, 0.15) is 5.56 Å². The number of nitrogens with two attached hydrogens (primary N) is 1. The first-order chi connectivity index (χ1) is 8.63. The molecule has 1 aromatic carbocycles. The van der Waals surface area contributed by atoms with Crippen molar-refractivity contribution >= 4 is 17.3 Å². The Hall–Kier alpha value is -2.01. The van der Waals surface area contributed by atoms with E-state index in [0.717, 1.165) is 5.56 Å². The molecule has 6 heteroatoms. The average molecular weight is 266 g/mol. The van der Waals surface area contributed by atoms with Gasteiger partial charge in [-0.25, -0.2) is 4.98 Å². The van der Waals surface area contributed by atoms with Gasteiger partial charge in [0, 0.05) is 5.56 Å². The number of halogens is 1. The smallest absolute Gasteiger partial charge is 0.278 e. The van der Waals surface area contributed by atoms with E-state index in [1.165, 1.54) is 10.9 Å². The molecular weight excluding hydrogens is 254 g/mol. The zero-order valence-electron chi connectivity index (χ0n) is 9.76. The first-order valence-corrected chi connectivity index (χ1v) is 5.63.